The van der Waals surface area contributed by atoms with Gasteiger partial charge in [-0.15, -0.1) is 0 Å². The molecule has 0 fully saturated rings. The van der Waals surface area contributed by atoms with Crippen molar-refractivity contribution in [3.63, 3.8) is 0 Å². The Balaban J connectivity index is 2.39. The number of hydrogen-bond acceptors (Lipinski definition) is 3. The van der Waals surface area contributed by atoms with Crippen LogP contribution in [0.15, 0.2) is 22.7 Å². The predicted octanol–water partition coefficient (Wildman–Crippen LogP) is 6.26. The highest BCUT2D eigenvalue weighted by molar-refractivity contribution is 9.10. The van der Waals surface area contributed by atoms with Gasteiger partial charge in [-0.25, -0.2) is 0 Å². The quantitative estimate of drug-likeness (QED) is 0.520. The summed E-state index contributed by atoms with van der Waals surface area (Å²) in [5.74, 6) is 0.982. The lowest BCUT2D eigenvalue weighted by Gasteiger charge is -2.18. The van der Waals surface area contributed by atoms with Gasteiger partial charge in [-0.05, 0) is 62.3 Å². The van der Waals surface area contributed by atoms with E-state index in [1.807, 2.05) is 19.9 Å². The molecule has 0 aliphatic carbocycles. The highest BCUT2D eigenvalue weighted by Crippen LogP contribution is 2.30. The molecule has 1 amide bonds. The van der Waals surface area contributed by atoms with Crippen molar-refractivity contribution < 1.29 is 9.53 Å². The second-order valence-electron chi connectivity index (χ2n) is 7.51. The van der Waals surface area contributed by atoms with Gasteiger partial charge in [0, 0.05) is 21.9 Å². The van der Waals surface area contributed by atoms with Gasteiger partial charge in [-0.1, -0.05) is 43.6 Å². The Kier molecular flexibility index (Phi) is 8.05. The van der Waals surface area contributed by atoms with E-state index in [9.17, 15) is 4.79 Å². The molecule has 0 unspecified atom stereocenters. The van der Waals surface area contributed by atoms with E-state index in [0.29, 0.717) is 29.5 Å². The molecular weight excluding hydrogens is 416 g/mol. The number of rotatable bonds is 8. The summed E-state index contributed by atoms with van der Waals surface area (Å²) >= 11 is 3.57. The number of hydrogen-bond donors (Lipinski definition) is 1. The van der Waals surface area contributed by atoms with Crippen molar-refractivity contribution in [2.45, 2.75) is 60.8 Å². The molecule has 1 N–H and O–H groups in total. The molecule has 1 aromatic carbocycles. The van der Waals surface area contributed by atoms with Crippen LogP contribution in [0.2, 0.25) is 0 Å². The van der Waals surface area contributed by atoms with Crippen LogP contribution in [0.5, 0.6) is 5.75 Å². The molecule has 0 bridgehead atoms. The van der Waals surface area contributed by atoms with Crippen molar-refractivity contribution in [2.75, 3.05) is 11.9 Å². The number of aryl methyl sites for hydroxylation is 4. The first-order chi connectivity index (χ1) is 13.3. The number of halogens is 1. The molecule has 28 heavy (non-hydrogen) atoms. The number of ether oxygens (including phenoxy) is 1. The van der Waals surface area contributed by atoms with Gasteiger partial charge in [-0.2, -0.15) is 0 Å². The fraction of sp³-hybridized carbons (Fsp3) is 0.478. The lowest BCUT2D eigenvalue weighted by atomic mass is 10.0. The molecule has 2 aromatic rings. The minimum Gasteiger partial charge on any atom is -0.493 e. The molecule has 0 aliphatic rings. The van der Waals surface area contributed by atoms with Crippen molar-refractivity contribution in [1.29, 1.82) is 0 Å². The normalized spacial score (nSPS) is 11.0. The van der Waals surface area contributed by atoms with E-state index in [-0.39, 0.29) is 5.91 Å². The highest BCUT2D eigenvalue weighted by Gasteiger charge is 2.20. The molecule has 0 radical (unpaired) electrons. The first kappa shape index (κ1) is 22.4. The SMILES string of the molecule is CCc1cc(Br)cc(CC)c1NC(=O)c1c(OCCC(C)C)cc(C)nc1C. The van der Waals surface area contributed by atoms with E-state index in [1.54, 1.807) is 0 Å². The lowest BCUT2D eigenvalue weighted by Crippen LogP contribution is -2.19. The van der Waals surface area contributed by atoms with Crippen LogP contribution in [-0.4, -0.2) is 17.5 Å². The number of amides is 1. The maximum absolute atomic E-state index is 13.2. The summed E-state index contributed by atoms with van der Waals surface area (Å²) in [6.45, 7) is 12.9. The standard InChI is InChI=1S/C23H31BrN2O2/c1-7-17-12-19(24)13-18(8-2)22(17)26-23(27)21-16(6)25-15(5)11-20(21)28-10-9-14(3)4/h11-14H,7-10H2,1-6H3,(H,26,27). The Bertz CT molecular complexity index is 822. The second kappa shape index (κ2) is 10.1. The van der Waals surface area contributed by atoms with Gasteiger partial charge in [0.25, 0.3) is 5.91 Å². The van der Waals surface area contributed by atoms with Crippen molar-refractivity contribution in [2.24, 2.45) is 5.92 Å². The number of anilines is 1. The largest absolute Gasteiger partial charge is 0.493 e. The van der Waals surface area contributed by atoms with E-state index >= 15 is 0 Å². The third-order valence-corrected chi connectivity index (χ3v) is 5.20. The molecule has 0 saturated carbocycles. The zero-order chi connectivity index (χ0) is 20.8. The molecule has 1 heterocycles. The summed E-state index contributed by atoms with van der Waals surface area (Å²) in [7, 11) is 0. The van der Waals surface area contributed by atoms with Crippen LogP contribution in [-0.2, 0) is 12.8 Å². The maximum Gasteiger partial charge on any atom is 0.261 e. The van der Waals surface area contributed by atoms with Crippen LogP contribution >= 0.6 is 15.9 Å². The molecule has 0 spiro atoms. The Hall–Kier alpha value is -1.88. The average Bonchev–Trinajstić information content (AvgIpc) is 2.61. The second-order valence-corrected chi connectivity index (χ2v) is 8.43. The summed E-state index contributed by atoms with van der Waals surface area (Å²) < 4.78 is 7.02. The molecule has 4 nitrogen and oxygen atoms in total. The van der Waals surface area contributed by atoms with Crippen molar-refractivity contribution in [3.8, 4) is 5.75 Å². The molecule has 1 aromatic heterocycles. The van der Waals surface area contributed by atoms with Crippen LogP contribution in [0.1, 0.15) is 67.0 Å². The molecule has 152 valence electrons. The molecule has 0 saturated heterocycles. The highest BCUT2D eigenvalue weighted by atomic mass is 79.9. The molecule has 2 rings (SSSR count). The number of pyridine rings is 1. The summed E-state index contributed by atoms with van der Waals surface area (Å²) in [5.41, 5.74) is 5.16. The van der Waals surface area contributed by atoms with Crippen molar-refractivity contribution >= 4 is 27.5 Å². The van der Waals surface area contributed by atoms with Gasteiger partial charge in [0.15, 0.2) is 0 Å². The summed E-state index contributed by atoms with van der Waals surface area (Å²) in [6.07, 6.45) is 2.62. The van der Waals surface area contributed by atoms with Crippen LogP contribution in [0.25, 0.3) is 0 Å². The van der Waals surface area contributed by atoms with Gasteiger partial charge in [0.1, 0.15) is 11.3 Å². The maximum atomic E-state index is 13.2. The molecule has 5 heteroatoms. The smallest absolute Gasteiger partial charge is 0.261 e. The predicted molar refractivity (Wildman–Crippen MR) is 120 cm³/mol. The fourth-order valence-corrected chi connectivity index (χ4v) is 3.76. The Labute approximate surface area is 177 Å². The Morgan fingerprint density at radius 3 is 2.29 bits per heavy atom. The summed E-state index contributed by atoms with van der Waals surface area (Å²) in [6, 6.07) is 5.98. The number of carbonyl (C=O) groups excluding carboxylic acids is 1. The Morgan fingerprint density at radius 2 is 1.75 bits per heavy atom. The third kappa shape index (κ3) is 5.57. The number of nitrogens with one attached hydrogen (secondary N) is 1. The molecular formula is C23H31BrN2O2. The monoisotopic (exact) mass is 446 g/mol. The molecule has 0 aliphatic heterocycles. The van der Waals surface area contributed by atoms with Gasteiger partial charge in [0.2, 0.25) is 0 Å². The van der Waals surface area contributed by atoms with E-state index < -0.39 is 0 Å². The van der Waals surface area contributed by atoms with Crippen molar-refractivity contribution in [1.82, 2.24) is 4.98 Å². The first-order valence-electron chi connectivity index (χ1n) is 10.00. The first-order valence-corrected chi connectivity index (χ1v) is 10.8. The Morgan fingerprint density at radius 1 is 1.14 bits per heavy atom. The van der Waals surface area contributed by atoms with Crippen LogP contribution in [0.4, 0.5) is 5.69 Å². The summed E-state index contributed by atoms with van der Waals surface area (Å²) in [4.78, 5) is 17.7. The van der Waals surface area contributed by atoms with Crippen LogP contribution in [0.3, 0.4) is 0 Å². The average molecular weight is 447 g/mol. The minimum absolute atomic E-state index is 0.170. The molecule has 0 atom stereocenters. The van der Waals surface area contributed by atoms with E-state index in [0.717, 1.165) is 46.2 Å². The van der Waals surface area contributed by atoms with Gasteiger partial charge < -0.3 is 10.1 Å². The summed E-state index contributed by atoms with van der Waals surface area (Å²) in [5, 5.41) is 3.14. The topological polar surface area (TPSA) is 51.2 Å². The number of carbonyl (C=O) groups is 1. The van der Waals surface area contributed by atoms with E-state index in [4.69, 9.17) is 4.74 Å². The number of nitrogens with zero attached hydrogens (tertiary/aromatic N) is 1. The van der Waals surface area contributed by atoms with Gasteiger partial charge in [0.05, 0.1) is 12.3 Å². The van der Waals surface area contributed by atoms with Gasteiger partial charge in [-0.3, -0.25) is 9.78 Å². The lowest BCUT2D eigenvalue weighted by molar-refractivity contribution is 0.102. The fourth-order valence-electron chi connectivity index (χ4n) is 3.21. The number of aromatic nitrogens is 1. The third-order valence-electron chi connectivity index (χ3n) is 4.74. The van der Waals surface area contributed by atoms with Gasteiger partial charge >= 0.3 is 0 Å². The zero-order valence-corrected chi connectivity index (χ0v) is 19.4. The van der Waals surface area contributed by atoms with Crippen molar-refractivity contribution in [3.05, 3.63) is 50.8 Å². The van der Waals surface area contributed by atoms with Crippen LogP contribution in [0, 0.1) is 19.8 Å². The van der Waals surface area contributed by atoms with E-state index in [2.05, 4.69) is 66.1 Å². The number of benzene rings is 1. The zero-order valence-electron chi connectivity index (χ0n) is 17.8. The van der Waals surface area contributed by atoms with Crippen LogP contribution < -0.4 is 10.1 Å². The van der Waals surface area contributed by atoms with E-state index in [1.165, 1.54) is 0 Å². The minimum atomic E-state index is -0.170.